The second kappa shape index (κ2) is 16.8. The van der Waals surface area contributed by atoms with Gasteiger partial charge in [0.05, 0.1) is 5.67 Å². The minimum Gasteiger partial charge on any atom is -0.371 e. The van der Waals surface area contributed by atoms with Crippen LogP contribution in [-0.2, 0) is 26.6 Å². The monoisotopic (exact) mass is 508 g/mol. The lowest BCUT2D eigenvalue weighted by molar-refractivity contribution is -0.0310. The Morgan fingerprint density at radius 2 is 0.515 bits per heavy atom. The molecule has 0 aliphatic carbocycles. The van der Waals surface area contributed by atoms with Crippen molar-refractivity contribution in [3.8, 4) is 0 Å². The fraction of sp³-hybridized carbons (Fsp3) is 1.00. The second-order valence-corrected chi connectivity index (χ2v) is 15.1. The third-order valence-corrected chi connectivity index (χ3v) is 14.2. The third-order valence-electron chi connectivity index (χ3n) is 6.17. The van der Waals surface area contributed by atoms with Crippen LogP contribution in [0.25, 0.3) is 0 Å². The van der Waals surface area contributed by atoms with E-state index in [0.717, 1.165) is 38.5 Å². The van der Waals surface area contributed by atoms with Gasteiger partial charge in [-0.25, -0.2) is 0 Å². The Hall–Kier alpha value is 0.194. The van der Waals surface area contributed by atoms with Gasteiger partial charge >= 0.3 is 17.6 Å². The van der Waals surface area contributed by atoms with E-state index < -0.39 is 17.6 Å². The Morgan fingerprint density at radius 1 is 0.364 bits per heavy atom. The molecular weight excluding hydrogens is 452 g/mol. The Balaban J connectivity index is 6.63. The number of hydrogen-bond acceptors (Lipinski definition) is 6. The lowest BCUT2D eigenvalue weighted by Crippen LogP contribution is -2.62. The SMILES string of the molecule is CCC(C)O[Si](C[Si](OC(C)CC)(OC(C)CC)OC(C)CC)(OC(C)CC)OC(C)CC. The summed E-state index contributed by atoms with van der Waals surface area (Å²) < 4.78 is 40.3. The zero-order valence-electron chi connectivity index (χ0n) is 23.9. The Morgan fingerprint density at radius 3 is 0.636 bits per heavy atom. The van der Waals surface area contributed by atoms with Crippen LogP contribution in [0.5, 0.6) is 0 Å². The highest BCUT2D eigenvalue weighted by Crippen LogP contribution is 2.34. The summed E-state index contributed by atoms with van der Waals surface area (Å²) >= 11 is 0. The van der Waals surface area contributed by atoms with Crippen molar-refractivity contribution in [2.24, 2.45) is 0 Å². The van der Waals surface area contributed by atoms with Crippen LogP contribution in [0, 0.1) is 0 Å². The third kappa shape index (κ3) is 12.6. The van der Waals surface area contributed by atoms with Gasteiger partial charge in [0.15, 0.2) is 0 Å². The molecule has 0 fully saturated rings. The summed E-state index contributed by atoms with van der Waals surface area (Å²) in [5.74, 6) is 0. The fourth-order valence-corrected chi connectivity index (χ4v) is 12.2. The first-order chi connectivity index (χ1) is 15.4. The molecule has 0 saturated heterocycles. The van der Waals surface area contributed by atoms with E-state index in [0.29, 0.717) is 5.67 Å². The number of rotatable bonds is 20. The molecule has 0 spiro atoms. The minimum atomic E-state index is -3.24. The van der Waals surface area contributed by atoms with Gasteiger partial charge in [-0.3, -0.25) is 0 Å². The van der Waals surface area contributed by atoms with E-state index in [-0.39, 0.29) is 36.6 Å². The van der Waals surface area contributed by atoms with Crippen molar-refractivity contribution in [2.45, 2.75) is 164 Å². The van der Waals surface area contributed by atoms with Gasteiger partial charge in [0, 0.05) is 36.6 Å². The molecule has 0 rings (SSSR count). The molecule has 6 unspecified atom stereocenters. The maximum absolute atomic E-state index is 6.72. The predicted molar refractivity (Wildman–Crippen MR) is 141 cm³/mol. The molecule has 0 amide bonds. The molecule has 0 N–H and O–H groups in total. The maximum atomic E-state index is 6.72. The highest BCUT2D eigenvalue weighted by atomic mass is 28.5. The molecule has 6 nitrogen and oxygen atoms in total. The normalized spacial score (nSPS) is 21.5. The molecular formula is C25H56O6Si2. The van der Waals surface area contributed by atoms with Crippen molar-refractivity contribution in [2.75, 3.05) is 0 Å². The summed E-state index contributed by atoms with van der Waals surface area (Å²) in [6, 6.07) is 0. The van der Waals surface area contributed by atoms with Crippen molar-refractivity contribution in [1.82, 2.24) is 0 Å². The molecule has 0 aromatic heterocycles. The topological polar surface area (TPSA) is 55.4 Å². The maximum Gasteiger partial charge on any atom is 0.506 e. The van der Waals surface area contributed by atoms with Gasteiger partial charge in [-0.05, 0) is 80.1 Å². The first kappa shape index (κ1) is 33.2. The summed E-state index contributed by atoms with van der Waals surface area (Å²) in [6.45, 7) is 25.3. The zero-order chi connectivity index (χ0) is 25.7. The molecule has 8 heteroatoms. The summed E-state index contributed by atoms with van der Waals surface area (Å²) in [5, 5.41) is 0. The molecule has 0 aliphatic heterocycles. The largest absolute Gasteiger partial charge is 0.506 e. The molecule has 33 heavy (non-hydrogen) atoms. The quantitative estimate of drug-likeness (QED) is 0.161. The van der Waals surface area contributed by atoms with Crippen molar-refractivity contribution in [3.05, 3.63) is 0 Å². The van der Waals surface area contributed by atoms with Crippen LogP contribution < -0.4 is 0 Å². The van der Waals surface area contributed by atoms with Crippen LogP contribution in [0.1, 0.15) is 122 Å². The van der Waals surface area contributed by atoms with Gasteiger partial charge in [-0.1, -0.05) is 41.5 Å². The van der Waals surface area contributed by atoms with Gasteiger partial charge in [-0.2, -0.15) is 0 Å². The van der Waals surface area contributed by atoms with Crippen LogP contribution >= 0.6 is 0 Å². The predicted octanol–water partition coefficient (Wildman–Crippen LogP) is 7.29. The molecule has 0 aliphatic rings. The highest BCUT2D eigenvalue weighted by Gasteiger charge is 2.59. The Bertz CT molecular complexity index is 391. The number of hydrogen-bond donors (Lipinski definition) is 0. The summed E-state index contributed by atoms with van der Waals surface area (Å²) in [7, 11) is -6.47. The summed E-state index contributed by atoms with van der Waals surface area (Å²) in [5.41, 5.74) is 0.429. The van der Waals surface area contributed by atoms with E-state index in [9.17, 15) is 0 Å². The summed E-state index contributed by atoms with van der Waals surface area (Å²) in [6.07, 6.45) is 5.30. The van der Waals surface area contributed by atoms with E-state index in [1.54, 1.807) is 0 Å². The molecule has 0 bridgehead atoms. The van der Waals surface area contributed by atoms with Crippen molar-refractivity contribution < 1.29 is 26.6 Å². The highest BCUT2D eigenvalue weighted by molar-refractivity contribution is 6.80. The van der Waals surface area contributed by atoms with Crippen molar-refractivity contribution >= 4 is 17.6 Å². The molecule has 0 heterocycles. The smallest absolute Gasteiger partial charge is 0.371 e. The lowest BCUT2D eigenvalue weighted by atomic mass is 10.3. The first-order valence-corrected chi connectivity index (χ1v) is 17.4. The average molecular weight is 509 g/mol. The van der Waals surface area contributed by atoms with Gasteiger partial charge < -0.3 is 26.6 Å². The standard InChI is InChI=1S/C25H56O6Si2/c1-13-20(7)26-32(27-21(8)14-2,28-22(9)15-3)19-33(29-23(10)16-4,30-24(11)17-5)31-25(12)18-6/h20-25H,13-19H2,1-12H3. The molecule has 0 aromatic carbocycles. The van der Waals surface area contributed by atoms with Crippen LogP contribution in [0.15, 0.2) is 0 Å². The Labute approximate surface area is 208 Å². The molecule has 6 atom stereocenters. The van der Waals surface area contributed by atoms with Crippen LogP contribution in [-0.4, -0.2) is 54.2 Å². The second-order valence-electron chi connectivity index (χ2n) is 9.56. The van der Waals surface area contributed by atoms with E-state index in [4.69, 9.17) is 26.6 Å². The average Bonchev–Trinajstić information content (AvgIpc) is 2.77. The lowest BCUT2D eigenvalue weighted by Gasteiger charge is -2.42. The van der Waals surface area contributed by atoms with Crippen LogP contribution in [0.4, 0.5) is 0 Å². The molecule has 0 aromatic rings. The van der Waals surface area contributed by atoms with Crippen LogP contribution in [0.2, 0.25) is 5.67 Å². The summed E-state index contributed by atoms with van der Waals surface area (Å²) in [4.78, 5) is 0. The van der Waals surface area contributed by atoms with Gasteiger partial charge in [0.2, 0.25) is 0 Å². The zero-order valence-corrected chi connectivity index (χ0v) is 25.9. The van der Waals surface area contributed by atoms with Crippen molar-refractivity contribution in [3.63, 3.8) is 0 Å². The molecule has 0 saturated carbocycles. The van der Waals surface area contributed by atoms with E-state index in [2.05, 4.69) is 83.1 Å². The Kier molecular flexibility index (Phi) is 16.9. The van der Waals surface area contributed by atoms with Crippen molar-refractivity contribution in [1.29, 1.82) is 0 Å². The molecule has 200 valence electrons. The molecule has 0 radical (unpaired) electrons. The van der Waals surface area contributed by atoms with E-state index in [1.165, 1.54) is 0 Å². The first-order valence-electron chi connectivity index (χ1n) is 13.5. The van der Waals surface area contributed by atoms with E-state index >= 15 is 0 Å². The van der Waals surface area contributed by atoms with Crippen LogP contribution in [0.3, 0.4) is 0 Å². The van der Waals surface area contributed by atoms with E-state index in [1.807, 2.05) is 0 Å². The van der Waals surface area contributed by atoms with Gasteiger partial charge in [-0.15, -0.1) is 0 Å². The minimum absolute atomic E-state index is 0.00674. The van der Waals surface area contributed by atoms with Gasteiger partial charge in [0.1, 0.15) is 0 Å². The van der Waals surface area contributed by atoms with Gasteiger partial charge in [0.25, 0.3) is 0 Å². The fourth-order valence-electron chi connectivity index (χ4n) is 3.02.